The Labute approximate surface area is 148 Å². The molecule has 1 atom stereocenters. The summed E-state index contributed by atoms with van der Waals surface area (Å²) in [5, 5.41) is 15.4. The van der Waals surface area contributed by atoms with E-state index >= 15 is 0 Å². The molecule has 0 bridgehead atoms. The van der Waals surface area contributed by atoms with Gasteiger partial charge in [-0.05, 0) is 35.2 Å². The zero-order valence-corrected chi connectivity index (χ0v) is 14.3. The van der Waals surface area contributed by atoms with Gasteiger partial charge in [0.1, 0.15) is 17.6 Å². The highest BCUT2D eigenvalue weighted by Crippen LogP contribution is 2.28. The van der Waals surface area contributed by atoms with Gasteiger partial charge in [0.2, 0.25) is 5.91 Å². The second-order valence-corrected chi connectivity index (χ2v) is 6.62. The molecule has 2 aromatic heterocycles. The van der Waals surface area contributed by atoms with Crippen LogP contribution >= 0.6 is 22.9 Å². The number of amides is 1. The maximum absolute atomic E-state index is 12.0. The molecule has 0 radical (unpaired) electrons. The lowest BCUT2D eigenvalue weighted by Gasteiger charge is -2.10. The normalized spacial score (nSPS) is 12.1. The van der Waals surface area contributed by atoms with Gasteiger partial charge in [0.15, 0.2) is 0 Å². The second-order valence-electron chi connectivity index (χ2n) is 5.27. The first-order chi connectivity index (χ1) is 11.6. The summed E-state index contributed by atoms with van der Waals surface area (Å²) in [7, 11) is 0. The first-order valence-electron chi connectivity index (χ1n) is 7.45. The molecule has 6 heteroatoms. The number of furan rings is 1. The summed E-state index contributed by atoms with van der Waals surface area (Å²) in [4.78, 5) is 13.0. The molecule has 3 rings (SSSR count). The van der Waals surface area contributed by atoms with Crippen LogP contribution in [0.1, 0.15) is 17.4 Å². The van der Waals surface area contributed by atoms with E-state index in [9.17, 15) is 9.90 Å². The Morgan fingerprint density at radius 1 is 1.21 bits per heavy atom. The second kappa shape index (κ2) is 7.66. The molecule has 0 aliphatic rings. The molecule has 1 aromatic carbocycles. The van der Waals surface area contributed by atoms with Crippen molar-refractivity contribution in [3.8, 4) is 10.6 Å². The molecule has 0 saturated carbocycles. The van der Waals surface area contributed by atoms with Crippen LogP contribution in [-0.2, 0) is 11.2 Å². The topological polar surface area (TPSA) is 62.5 Å². The zero-order chi connectivity index (χ0) is 16.9. The van der Waals surface area contributed by atoms with Gasteiger partial charge in [0.25, 0.3) is 0 Å². The Bertz CT molecular complexity index is 813. The lowest BCUT2D eigenvalue weighted by Crippen LogP contribution is -2.29. The third-order valence-electron chi connectivity index (χ3n) is 3.52. The van der Waals surface area contributed by atoms with Gasteiger partial charge in [-0.3, -0.25) is 4.79 Å². The van der Waals surface area contributed by atoms with Crippen molar-refractivity contribution in [2.75, 3.05) is 6.54 Å². The van der Waals surface area contributed by atoms with E-state index in [0.29, 0.717) is 16.5 Å². The van der Waals surface area contributed by atoms with Crippen molar-refractivity contribution in [3.63, 3.8) is 0 Å². The van der Waals surface area contributed by atoms with Crippen LogP contribution in [-0.4, -0.2) is 17.6 Å². The average Bonchev–Trinajstić information content (AvgIpc) is 3.25. The molecule has 0 aliphatic heterocycles. The highest BCUT2D eigenvalue weighted by molar-refractivity contribution is 7.13. The average molecular weight is 362 g/mol. The fourth-order valence-electron chi connectivity index (χ4n) is 2.27. The van der Waals surface area contributed by atoms with E-state index < -0.39 is 6.10 Å². The maximum Gasteiger partial charge on any atom is 0.224 e. The number of hydrogen-bond acceptors (Lipinski definition) is 4. The van der Waals surface area contributed by atoms with Crippen molar-refractivity contribution in [1.82, 2.24) is 5.32 Å². The molecule has 24 heavy (non-hydrogen) atoms. The fourth-order valence-corrected chi connectivity index (χ4v) is 3.16. The van der Waals surface area contributed by atoms with Crippen molar-refractivity contribution in [2.24, 2.45) is 0 Å². The van der Waals surface area contributed by atoms with Crippen LogP contribution in [0.2, 0.25) is 5.02 Å². The monoisotopic (exact) mass is 361 g/mol. The fraction of sp³-hybridized carbons (Fsp3) is 0.167. The van der Waals surface area contributed by atoms with Gasteiger partial charge < -0.3 is 14.8 Å². The lowest BCUT2D eigenvalue weighted by molar-refractivity contribution is -0.120. The number of rotatable bonds is 6. The molecule has 0 aliphatic carbocycles. The van der Waals surface area contributed by atoms with Gasteiger partial charge >= 0.3 is 0 Å². The van der Waals surface area contributed by atoms with Crippen molar-refractivity contribution >= 4 is 28.8 Å². The molecule has 0 saturated heterocycles. The van der Waals surface area contributed by atoms with E-state index in [1.54, 1.807) is 29.5 Å². The van der Waals surface area contributed by atoms with Crippen LogP contribution < -0.4 is 5.32 Å². The largest absolute Gasteiger partial charge is 0.457 e. The molecule has 4 nitrogen and oxygen atoms in total. The maximum atomic E-state index is 12.0. The Morgan fingerprint density at radius 2 is 2.04 bits per heavy atom. The van der Waals surface area contributed by atoms with Crippen LogP contribution in [0.4, 0.5) is 0 Å². The minimum Gasteiger partial charge on any atom is -0.457 e. The summed E-state index contributed by atoms with van der Waals surface area (Å²) in [5.74, 6) is 0.935. The van der Waals surface area contributed by atoms with E-state index in [2.05, 4.69) is 5.32 Å². The third kappa shape index (κ3) is 4.06. The first kappa shape index (κ1) is 16.8. The van der Waals surface area contributed by atoms with Crippen LogP contribution in [0.5, 0.6) is 0 Å². The molecule has 1 unspecified atom stereocenters. The van der Waals surface area contributed by atoms with Crippen LogP contribution in [0.15, 0.2) is 58.3 Å². The SMILES string of the molecule is O=C(Cc1ccccc1Cl)NCC(O)c1ccc(-c2cccs2)o1. The van der Waals surface area contributed by atoms with Crippen LogP contribution in [0.25, 0.3) is 10.6 Å². The predicted molar refractivity (Wildman–Crippen MR) is 95.1 cm³/mol. The lowest BCUT2D eigenvalue weighted by atomic mass is 10.1. The smallest absolute Gasteiger partial charge is 0.224 e. The molecule has 2 heterocycles. The van der Waals surface area contributed by atoms with E-state index in [0.717, 1.165) is 10.4 Å². The quantitative estimate of drug-likeness (QED) is 0.696. The molecule has 2 N–H and O–H groups in total. The number of benzene rings is 1. The number of aliphatic hydroxyl groups excluding tert-OH is 1. The Balaban J connectivity index is 1.55. The molecule has 3 aromatic rings. The summed E-state index contributed by atoms with van der Waals surface area (Å²) in [5.41, 5.74) is 0.754. The van der Waals surface area contributed by atoms with Crippen molar-refractivity contribution in [2.45, 2.75) is 12.5 Å². The van der Waals surface area contributed by atoms with Crippen LogP contribution in [0.3, 0.4) is 0 Å². The van der Waals surface area contributed by atoms with Crippen LogP contribution in [0, 0.1) is 0 Å². The van der Waals surface area contributed by atoms with E-state index in [4.69, 9.17) is 16.0 Å². The highest BCUT2D eigenvalue weighted by atomic mass is 35.5. The number of thiophene rings is 1. The Kier molecular flexibility index (Phi) is 5.35. The zero-order valence-electron chi connectivity index (χ0n) is 12.7. The highest BCUT2D eigenvalue weighted by Gasteiger charge is 2.15. The minimum absolute atomic E-state index is 0.0840. The summed E-state index contributed by atoms with van der Waals surface area (Å²) in [6.45, 7) is 0.0840. The summed E-state index contributed by atoms with van der Waals surface area (Å²) in [6.07, 6.45) is -0.723. The van der Waals surface area contributed by atoms with E-state index in [1.165, 1.54) is 0 Å². The van der Waals surface area contributed by atoms with Gasteiger partial charge in [-0.15, -0.1) is 11.3 Å². The summed E-state index contributed by atoms with van der Waals surface area (Å²) < 4.78 is 5.65. The van der Waals surface area contributed by atoms with E-state index in [1.807, 2.05) is 35.7 Å². The number of aliphatic hydroxyl groups is 1. The number of carbonyl (C=O) groups excluding carboxylic acids is 1. The molecular weight excluding hydrogens is 346 g/mol. The molecule has 1 amide bonds. The van der Waals surface area contributed by atoms with Gasteiger partial charge in [-0.1, -0.05) is 35.9 Å². The first-order valence-corrected chi connectivity index (χ1v) is 8.71. The number of nitrogens with one attached hydrogen (secondary N) is 1. The van der Waals surface area contributed by atoms with Gasteiger partial charge in [0, 0.05) is 5.02 Å². The van der Waals surface area contributed by atoms with Crippen molar-refractivity contribution in [1.29, 1.82) is 0 Å². The Morgan fingerprint density at radius 3 is 2.79 bits per heavy atom. The van der Waals surface area contributed by atoms with Gasteiger partial charge in [-0.2, -0.15) is 0 Å². The molecule has 124 valence electrons. The van der Waals surface area contributed by atoms with Crippen molar-refractivity contribution in [3.05, 3.63) is 70.3 Å². The van der Waals surface area contributed by atoms with Gasteiger partial charge in [0.05, 0.1) is 17.8 Å². The summed E-state index contributed by atoms with van der Waals surface area (Å²) >= 11 is 7.60. The van der Waals surface area contributed by atoms with Crippen molar-refractivity contribution < 1.29 is 14.3 Å². The Hall–Kier alpha value is -2.08. The standard InChI is InChI=1S/C18H16ClNO3S/c19-13-5-2-1-4-12(13)10-18(22)20-11-14(21)15-7-8-16(23-15)17-6-3-9-24-17/h1-9,14,21H,10-11H2,(H,20,22). The number of halogens is 1. The number of hydrogen-bond donors (Lipinski definition) is 2. The molecular formula is C18H16ClNO3S. The number of carbonyl (C=O) groups is 1. The van der Waals surface area contributed by atoms with Gasteiger partial charge in [-0.25, -0.2) is 0 Å². The molecule has 0 fully saturated rings. The summed E-state index contributed by atoms with van der Waals surface area (Å²) in [6, 6.07) is 14.6. The molecule has 0 spiro atoms. The third-order valence-corrected chi connectivity index (χ3v) is 4.77. The minimum atomic E-state index is -0.895. The van der Waals surface area contributed by atoms with E-state index in [-0.39, 0.29) is 18.9 Å². The predicted octanol–water partition coefficient (Wildman–Crippen LogP) is 4.05.